The van der Waals surface area contributed by atoms with Crippen LogP contribution in [0.3, 0.4) is 0 Å². The molecule has 0 radical (unpaired) electrons. The maximum atomic E-state index is 12.2. The summed E-state index contributed by atoms with van der Waals surface area (Å²) < 4.78 is 4.96. The van der Waals surface area contributed by atoms with E-state index < -0.39 is 0 Å². The first-order chi connectivity index (χ1) is 12.2. The van der Waals surface area contributed by atoms with E-state index in [1.54, 1.807) is 13.0 Å². The van der Waals surface area contributed by atoms with Crippen molar-refractivity contribution in [2.24, 2.45) is 0 Å². The number of carbonyl (C=O) groups excluding carboxylic acids is 1. The van der Waals surface area contributed by atoms with Gasteiger partial charge in [0.2, 0.25) is 5.91 Å². The molecule has 0 bridgehead atoms. The van der Waals surface area contributed by atoms with Gasteiger partial charge in [0.25, 0.3) is 0 Å². The molecule has 0 saturated heterocycles. The molecule has 1 unspecified atom stereocenters. The predicted molar refractivity (Wildman–Crippen MR) is 95.3 cm³/mol. The summed E-state index contributed by atoms with van der Waals surface area (Å²) in [5.41, 5.74) is 2.75. The van der Waals surface area contributed by atoms with Gasteiger partial charge in [-0.25, -0.2) is 0 Å². The number of rotatable bonds is 8. The molecule has 1 aromatic carbocycles. The van der Waals surface area contributed by atoms with Crippen LogP contribution in [-0.4, -0.2) is 40.8 Å². The molecule has 6 nitrogen and oxygen atoms in total. The topological polar surface area (TPSA) is 78.6 Å². The molecule has 134 valence electrons. The van der Waals surface area contributed by atoms with Crippen LogP contribution in [0.4, 0.5) is 5.82 Å². The highest BCUT2D eigenvalue weighted by atomic mass is 16.5. The lowest BCUT2D eigenvalue weighted by atomic mass is 10.1. The molecule has 6 heteroatoms. The molecule has 3 rings (SSSR count). The molecule has 1 aliphatic rings. The van der Waals surface area contributed by atoms with Crippen molar-refractivity contribution >= 4 is 11.7 Å². The molecular weight excluding hydrogens is 318 g/mol. The molecule has 0 spiro atoms. The van der Waals surface area contributed by atoms with E-state index in [2.05, 4.69) is 39.6 Å². The molecule has 1 aromatic heterocycles. The first kappa shape index (κ1) is 17.6. The Bertz CT molecular complexity index is 713. The van der Waals surface area contributed by atoms with E-state index >= 15 is 0 Å². The third-order valence-corrected chi connectivity index (χ3v) is 4.67. The molecular formula is C19H25N3O3. The van der Waals surface area contributed by atoms with Crippen molar-refractivity contribution in [3.05, 3.63) is 47.2 Å². The van der Waals surface area contributed by atoms with Crippen LogP contribution in [0.25, 0.3) is 0 Å². The largest absolute Gasteiger partial charge is 0.396 e. The van der Waals surface area contributed by atoms with Crippen molar-refractivity contribution in [2.45, 2.75) is 38.6 Å². The van der Waals surface area contributed by atoms with Crippen LogP contribution in [0.15, 0.2) is 34.9 Å². The zero-order valence-electron chi connectivity index (χ0n) is 14.6. The van der Waals surface area contributed by atoms with Crippen LogP contribution < -0.4 is 5.32 Å². The van der Waals surface area contributed by atoms with Crippen LogP contribution in [0.1, 0.15) is 42.2 Å². The van der Waals surface area contributed by atoms with Gasteiger partial charge in [0, 0.05) is 38.2 Å². The molecule has 1 heterocycles. The van der Waals surface area contributed by atoms with Crippen LogP contribution >= 0.6 is 0 Å². The van der Waals surface area contributed by atoms with Crippen LogP contribution in [0, 0.1) is 6.92 Å². The number of nitrogens with one attached hydrogen (secondary N) is 1. The summed E-state index contributed by atoms with van der Waals surface area (Å²) in [6.45, 7) is 3.39. The molecule has 1 atom stereocenters. The van der Waals surface area contributed by atoms with Crippen molar-refractivity contribution in [1.29, 1.82) is 0 Å². The van der Waals surface area contributed by atoms with Gasteiger partial charge in [-0.2, -0.15) is 0 Å². The summed E-state index contributed by atoms with van der Waals surface area (Å²) in [5.74, 6) is 1.05. The quantitative estimate of drug-likeness (QED) is 0.770. The number of amides is 1. The van der Waals surface area contributed by atoms with Crippen LogP contribution in [-0.2, 0) is 11.2 Å². The third kappa shape index (κ3) is 4.46. The number of aliphatic hydroxyl groups is 1. The summed E-state index contributed by atoms with van der Waals surface area (Å²) in [6, 6.07) is 10.5. The smallest absolute Gasteiger partial charge is 0.226 e. The van der Waals surface area contributed by atoms with Crippen molar-refractivity contribution in [2.75, 3.05) is 25.0 Å². The van der Waals surface area contributed by atoms with Crippen molar-refractivity contribution in [3.8, 4) is 0 Å². The number of hydrogen-bond acceptors (Lipinski definition) is 5. The lowest BCUT2D eigenvalue weighted by molar-refractivity contribution is -0.116. The highest BCUT2D eigenvalue weighted by molar-refractivity contribution is 5.89. The fraction of sp³-hybridized carbons (Fsp3) is 0.474. The Morgan fingerprint density at radius 3 is 3.00 bits per heavy atom. The highest BCUT2D eigenvalue weighted by Crippen LogP contribution is 2.35. The standard InChI is InChI=1S/C19H25N3O3/c1-14-13-18(21-25-14)20-19(24)9-11-22(10-4-12-23)17-8-7-15-5-2-3-6-16(15)17/h2-3,5-6,13,17,23H,4,7-12H2,1H3,(H,20,21,24). The Labute approximate surface area is 147 Å². The van der Waals surface area contributed by atoms with E-state index in [9.17, 15) is 9.90 Å². The zero-order chi connectivity index (χ0) is 17.6. The average Bonchev–Trinajstić information content (AvgIpc) is 3.21. The first-order valence-electron chi connectivity index (χ1n) is 8.83. The van der Waals surface area contributed by atoms with Gasteiger partial charge in [-0.3, -0.25) is 9.69 Å². The molecule has 25 heavy (non-hydrogen) atoms. The summed E-state index contributed by atoms with van der Waals surface area (Å²) >= 11 is 0. The number of aromatic nitrogens is 1. The molecule has 0 aliphatic heterocycles. The second-order valence-electron chi connectivity index (χ2n) is 6.49. The van der Waals surface area contributed by atoms with Gasteiger partial charge in [-0.1, -0.05) is 29.4 Å². The fourth-order valence-corrected chi connectivity index (χ4v) is 3.49. The van der Waals surface area contributed by atoms with Crippen molar-refractivity contribution in [1.82, 2.24) is 10.1 Å². The minimum absolute atomic E-state index is 0.0754. The average molecular weight is 343 g/mol. The van der Waals surface area contributed by atoms with Gasteiger partial charge >= 0.3 is 0 Å². The first-order valence-corrected chi connectivity index (χ1v) is 8.83. The van der Waals surface area contributed by atoms with E-state index in [1.165, 1.54) is 11.1 Å². The van der Waals surface area contributed by atoms with Gasteiger partial charge in [0.1, 0.15) is 5.76 Å². The second-order valence-corrected chi connectivity index (χ2v) is 6.49. The van der Waals surface area contributed by atoms with Crippen molar-refractivity contribution in [3.63, 3.8) is 0 Å². The highest BCUT2D eigenvalue weighted by Gasteiger charge is 2.27. The maximum Gasteiger partial charge on any atom is 0.226 e. The van der Waals surface area contributed by atoms with E-state index in [1.807, 2.05) is 0 Å². The third-order valence-electron chi connectivity index (χ3n) is 4.67. The van der Waals surface area contributed by atoms with Gasteiger partial charge < -0.3 is 14.9 Å². The van der Waals surface area contributed by atoms with Gasteiger partial charge in [-0.15, -0.1) is 0 Å². The number of aliphatic hydroxyl groups excluding tert-OH is 1. The lowest BCUT2D eigenvalue weighted by Gasteiger charge is -2.29. The number of hydrogen-bond donors (Lipinski definition) is 2. The van der Waals surface area contributed by atoms with Crippen LogP contribution in [0.5, 0.6) is 0 Å². The Kier molecular flexibility index (Phi) is 5.83. The SMILES string of the molecule is Cc1cc(NC(=O)CCN(CCCO)C2CCc3ccccc32)no1. The van der Waals surface area contributed by atoms with E-state index in [-0.39, 0.29) is 12.5 Å². The molecule has 1 aliphatic carbocycles. The fourth-order valence-electron chi connectivity index (χ4n) is 3.49. The summed E-state index contributed by atoms with van der Waals surface area (Å²) in [6.07, 6.45) is 3.23. The predicted octanol–water partition coefficient (Wildman–Crippen LogP) is 2.68. The maximum absolute atomic E-state index is 12.2. The monoisotopic (exact) mass is 343 g/mol. The molecule has 2 N–H and O–H groups in total. The summed E-state index contributed by atoms with van der Waals surface area (Å²) in [4.78, 5) is 14.5. The minimum Gasteiger partial charge on any atom is -0.396 e. The normalized spacial score (nSPS) is 16.2. The number of anilines is 1. The van der Waals surface area contributed by atoms with E-state index in [4.69, 9.17) is 4.52 Å². The number of benzene rings is 1. The van der Waals surface area contributed by atoms with Crippen LogP contribution in [0.2, 0.25) is 0 Å². The zero-order valence-corrected chi connectivity index (χ0v) is 14.6. The number of nitrogens with zero attached hydrogens (tertiary/aromatic N) is 2. The number of carbonyl (C=O) groups is 1. The lowest BCUT2D eigenvalue weighted by Crippen LogP contribution is -2.32. The molecule has 0 saturated carbocycles. The summed E-state index contributed by atoms with van der Waals surface area (Å²) in [7, 11) is 0. The molecule has 2 aromatic rings. The van der Waals surface area contributed by atoms with Gasteiger partial charge in [-0.05, 0) is 37.3 Å². The Morgan fingerprint density at radius 2 is 2.24 bits per heavy atom. The number of aryl methyl sites for hydroxylation is 2. The molecule has 0 fully saturated rings. The van der Waals surface area contributed by atoms with Crippen molar-refractivity contribution < 1.29 is 14.4 Å². The Hall–Kier alpha value is -2.18. The molecule has 1 amide bonds. The van der Waals surface area contributed by atoms with E-state index in [0.717, 1.165) is 19.4 Å². The Balaban J connectivity index is 1.60. The minimum atomic E-state index is -0.0754. The Morgan fingerprint density at radius 1 is 1.40 bits per heavy atom. The summed E-state index contributed by atoms with van der Waals surface area (Å²) in [5, 5.41) is 15.8. The van der Waals surface area contributed by atoms with Gasteiger partial charge in [0.15, 0.2) is 5.82 Å². The second kappa shape index (κ2) is 8.27. The van der Waals surface area contributed by atoms with Gasteiger partial charge in [0.05, 0.1) is 0 Å². The number of fused-ring (bicyclic) bond motifs is 1. The van der Waals surface area contributed by atoms with E-state index in [0.29, 0.717) is 37.0 Å².